The van der Waals surface area contributed by atoms with Crippen molar-refractivity contribution in [3.63, 3.8) is 0 Å². The van der Waals surface area contributed by atoms with Gasteiger partial charge in [-0.2, -0.15) is 0 Å². The topological polar surface area (TPSA) is 75.2 Å². The molecule has 138 valence electrons. The predicted molar refractivity (Wildman–Crippen MR) is 102 cm³/mol. The van der Waals surface area contributed by atoms with Crippen LogP contribution in [-0.2, 0) is 11.2 Å². The van der Waals surface area contributed by atoms with E-state index in [2.05, 4.69) is 15.5 Å². The first kappa shape index (κ1) is 18.5. The summed E-state index contributed by atoms with van der Waals surface area (Å²) in [5, 5.41) is 12.0. The van der Waals surface area contributed by atoms with Crippen LogP contribution in [0.4, 0.5) is 5.69 Å². The second-order valence-corrected chi connectivity index (χ2v) is 7.68. The van der Waals surface area contributed by atoms with Crippen LogP contribution in [0.25, 0.3) is 0 Å². The third-order valence-corrected chi connectivity index (χ3v) is 5.44. The Labute approximate surface area is 157 Å². The molecule has 0 saturated carbocycles. The summed E-state index contributed by atoms with van der Waals surface area (Å²) in [5.41, 5.74) is 1.88. The summed E-state index contributed by atoms with van der Waals surface area (Å²) in [5.74, 6) is -0.0199. The van der Waals surface area contributed by atoms with Gasteiger partial charge < -0.3 is 10.2 Å². The maximum Gasteiger partial charge on any atom is 0.286 e. The number of nitrogens with one attached hydrogen (secondary N) is 1. The van der Waals surface area contributed by atoms with Crippen molar-refractivity contribution in [3.05, 3.63) is 39.8 Å². The molecule has 2 heterocycles. The molecule has 1 saturated heterocycles. The van der Waals surface area contributed by atoms with E-state index in [4.69, 9.17) is 0 Å². The molecule has 1 aromatic heterocycles. The Bertz CT molecular complexity index is 751. The lowest BCUT2D eigenvalue weighted by molar-refractivity contribution is -0.132. The van der Waals surface area contributed by atoms with Crippen LogP contribution in [0.3, 0.4) is 0 Å². The Hall–Kier alpha value is -2.28. The second kappa shape index (κ2) is 8.89. The lowest BCUT2D eigenvalue weighted by Crippen LogP contribution is -2.35. The zero-order chi connectivity index (χ0) is 18.4. The molecule has 1 aromatic carbocycles. The summed E-state index contributed by atoms with van der Waals surface area (Å²) in [6.45, 7) is 3.78. The summed E-state index contributed by atoms with van der Waals surface area (Å²) in [6.07, 6.45) is 5.40. The molecular formula is C19H24N4O2S. The number of aromatic nitrogens is 2. The number of amides is 2. The Morgan fingerprint density at radius 1 is 1.12 bits per heavy atom. The van der Waals surface area contributed by atoms with Gasteiger partial charge in [-0.05, 0) is 44.7 Å². The van der Waals surface area contributed by atoms with Crippen molar-refractivity contribution in [2.24, 2.45) is 0 Å². The lowest BCUT2D eigenvalue weighted by Gasteiger charge is -2.26. The van der Waals surface area contributed by atoms with Crippen molar-refractivity contribution in [1.82, 2.24) is 15.1 Å². The van der Waals surface area contributed by atoms with E-state index >= 15 is 0 Å². The molecule has 0 bridgehead atoms. The fourth-order valence-electron chi connectivity index (χ4n) is 2.96. The Morgan fingerprint density at radius 2 is 1.85 bits per heavy atom. The number of anilines is 1. The minimum Gasteiger partial charge on any atom is -0.343 e. The van der Waals surface area contributed by atoms with Crippen molar-refractivity contribution in [3.8, 4) is 0 Å². The molecule has 6 nitrogen and oxygen atoms in total. The molecule has 1 N–H and O–H groups in total. The lowest BCUT2D eigenvalue weighted by atomic mass is 10.1. The summed E-state index contributed by atoms with van der Waals surface area (Å²) in [7, 11) is 0. The number of rotatable bonds is 6. The van der Waals surface area contributed by atoms with Gasteiger partial charge in [0.1, 0.15) is 5.01 Å². The van der Waals surface area contributed by atoms with Gasteiger partial charge in [0.25, 0.3) is 5.91 Å². The van der Waals surface area contributed by atoms with Gasteiger partial charge in [0.15, 0.2) is 0 Å². The van der Waals surface area contributed by atoms with Crippen LogP contribution in [0.5, 0.6) is 0 Å². The first-order valence-corrected chi connectivity index (χ1v) is 9.91. The molecule has 0 radical (unpaired) electrons. The number of carbonyl (C=O) groups excluding carboxylic acids is 2. The number of carbonyl (C=O) groups is 2. The fraction of sp³-hybridized carbons (Fsp3) is 0.474. The predicted octanol–water partition coefficient (Wildman–Crippen LogP) is 3.43. The summed E-state index contributed by atoms with van der Waals surface area (Å²) >= 11 is 1.29. The molecule has 1 aliphatic heterocycles. The molecule has 1 aliphatic rings. The van der Waals surface area contributed by atoms with Crippen molar-refractivity contribution in [2.75, 3.05) is 18.4 Å². The average Bonchev–Trinajstić information content (AvgIpc) is 3.13. The molecule has 2 amide bonds. The molecule has 0 atom stereocenters. The van der Waals surface area contributed by atoms with Crippen LogP contribution >= 0.6 is 11.3 Å². The maximum atomic E-state index is 12.2. The van der Waals surface area contributed by atoms with Crippen molar-refractivity contribution in [1.29, 1.82) is 0 Å². The van der Waals surface area contributed by atoms with Gasteiger partial charge in [0.2, 0.25) is 10.9 Å². The quantitative estimate of drug-likeness (QED) is 0.843. The Balaban J connectivity index is 1.45. The summed E-state index contributed by atoms with van der Waals surface area (Å²) in [4.78, 5) is 26.4. The standard InChI is InChI=1S/C19H24N4O2S/c1-14-8-10-15(11-9-14)20-18(25)19-22-21-16(26-19)6-5-7-17(24)23-12-3-2-4-13-23/h8-11H,2-7,12-13H2,1H3,(H,20,25). The third kappa shape index (κ3) is 5.11. The minimum atomic E-state index is -0.248. The van der Waals surface area contributed by atoms with Crippen LogP contribution in [0.1, 0.15) is 52.5 Å². The first-order chi connectivity index (χ1) is 12.6. The number of nitrogens with zero attached hydrogens (tertiary/aromatic N) is 3. The third-order valence-electron chi connectivity index (χ3n) is 4.46. The van der Waals surface area contributed by atoms with Crippen LogP contribution in [0.2, 0.25) is 0 Å². The monoisotopic (exact) mass is 372 g/mol. The number of hydrogen-bond acceptors (Lipinski definition) is 5. The van der Waals surface area contributed by atoms with Crippen molar-refractivity contribution >= 4 is 28.8 Å². The Morgan fingerprint density at radius 3 is 2.58 bits per heavy atom. The van der Waals surface area contributed by atoms with Crippen LogP contribution in [0.15, 0.2) is 24.3 Å². The van der Waals surface area contributed by atoms with Gasteiger partial charge in [-0.15, -0.1) is 10.2 Å². The number of piperidine rings is 1. The SMILES string of the molecule is Cc1ccc(NC(=O)c2nnc(CCCC(=O)N3CCCCC3)s2)cc1. The molecule has 3 rings (SSSR count). The van der Waals surface area contributed by atoms with Gasteiger partial charge in [0, 0.05) is 31.6 Å². The Kier molecular flexibility index (Phi) is 6.33. The van der Waals surface area contributed by atoms with Gasteiger partial charge >= 0.3 is 0 Å². The van der Waals surface area contributed by atoms with Gasteiger partial charge in [-0.3, -0.25) is 9.59 Å². The van der Waals surface area contributed by atoms with Crippen molar-refractivity contribution in [2.45, 2.75) is 45.4 Å². The zero-order valence-corrected chi connectivity index (χ0v) is 15.8. The normalized spacial score (nSPS) is 14.3. The minimum absolute atomic E-state index is 0.228. The van der Waals surface area contributed by atoms with E-state index in [-0.39, 0.29) is 11.8 Å². The molecule has 0 aliphatic carbocycles. The summed E-state index contributed by atoms with van der Waals surface area (Å²) < 4.78 is 0. The molecule has 26 heavy (non-hydrogen) atoms. The zero-order valence-electron chi connectivity index (χ0n) is 15.0. The molecule has 0 unspecified atom stereocenters. The highest BCUT2D eigenvalue weighted by Crippen LogP contribution is 2.17. The largest absolute Gasteiger partial charge is 0.343 e. The maximum absolute atomic E-state index is 12.2. The summed E-state index contributed by atoms with van der Waals surface area (Å²) in [6, 6.07) is 7.61. The number of likely N-dealkylation sites (tertiary alicyclic amines) is 1. The van der Waals surface area contributed by atoms with E-state index < -0.39 is 0 Å². The van der Waals surface area contributed by atoms with E-state index in [0.717, 1.165) is 48.6 Å². The molecule has 7 heteroatoms. The molecule has 0 spiro atoms. The smallest absolute Gasteiger partial charge is 0.286 e. The number of aryl methyl sites for hydroxylation is 2. The van der Waals surface area contributed by atoms with E-state index in [0.29, 0.717) is 17.8 Å². The second-order valence-electron chi connectivity index (χ2n) is 6.62. The van der Waals surface area contributed by atoms with Crippen LogP contribution < -0.4 is 5.32 Å². The van der Waals surface area contributed by atoms with E-state index in [1.54, 1.807) is 0 Å². The first-order valence-electron chi connectivity index (χ1n) is 9.10. The van der Waals surface area contributed by atoms with Gasteiger partial charge in [-0.25, -0.2) is 0 Å². The van der Waals surface area contributed by atoms with E-state index in [1.807, 2.05) is 36.1 Å². The van der Waals surface area contributed by atoms with Gasteiger partial charge in [0.05, 0.1) is 0 Å². The van der Waals surface area contributed by atoms with E-state index in [9.17, 15) is 9.59 Å². The van der Waals surface area contributed by atoms with E-state index in [1.165, 1.54) is 17.8 Å². The van der Waals surface area contributed by atoms with Crippen LogP contribution in [0, 0.1) is 6.92 Å². The molecular weight excluding hydrogens is 348 g/mol. The van der Waals surface area contributed by atoms with Crippen molar-refractivity contribution < 1.29 is 9.59 Å². The molecule has 1 fully saturated rings. The number of benzene rings is 1. The number of hydrogen-bond donors (Lipinski definition) is 1. The highest BCUT2D eigenvalue weighted by Gasteiger charge is 2.17. The average molecular weight is 372 g/mol. The highest BCUT2D eigenvalue weighted by atomic mass is 32.1. The van der Waals surface area contributed by atoms with Gasteiger partial charge in [-0.1, -0.05) is 29.0 Å². The fourth-order valence-corrected chi connectivity index (χ4v) is 3.74. The van der Waals surface area contributed by atoms with Crippen LogP contribution in [-0.4, -0.2) is 40.0 Å². The molecule has 2 aromatic rings. The highest BCUT2D eigenvalue weighted by molar-refractivity contribution is 7.13.